The van der Waals surface area contributed by atoms with E-state index in [0.717, 1.165) is 36.0 Å². The van der Waals surface area contributed by atoms with Gasteiger partial charge in [-0.25, -0.2) is 14.4 Å². The zero-order valence-corrected chi connectivity index (χ0v) is 24.6. The Balaban J connectivity index is 0.000000175. The molecule has 10 nitrogen and oxygen atoms in total. The van der Waals surface area contributed by atoms with Gasteiger partial charge in [0.15, 0.2) is 0 Å². The average Bonchev–Trinajstić information content (AvgIpc) is 3.30. The lowest BCUT2D eigenvalue weighted by Gasteiger charge is -2.50. The molecule has 4 N–H and O–H groups in total. The Morgan fingerprint density at radius 1 is 0.932 bits per heavy atom. The summed E-state index contributed by atoms with van der Waals surface area (Å²) in [6, 6.07) is 16.3. The number of rotatable bonds is 7. The second kappa shape index (κ2) is 12.4. The molecule has 0 aliphatic carbocycles. The molecule has 0 amide bonds. The van der Waals surface area contributed by atoms with Crippen LogP contribution in [-0.2, 0) is 0 Å². The average molecular weight is 598 g/mol. The zero-order chi connectivity index (χ0) is 31.7. The molecule has 3 aliphatic heterocycles. The number of carbonyl (C=O) groups is 3. The van der Waals surface area contributed by atoms with Crippen molar-refractivity contribution in [2.75, 3.05) is 13.1 Å². The molecule has 5 atom stereocenters. The number of aliphatic hydroxyl groups is 1. The minimum absolute atomic E-state index is 0.0439. The Morgan fingerprint density at radius 2 is 1.57 bits per heavy atom. The highest BCUT2D eigenvalue weighted by atomic mass is 16.4. The van der Waals surface area contributed by atoms with Crippen molar-refractivity contribution >= 4 is 28.8 Å². The number of aliphatic hydroxyl groups excluding tert-OH is 1. The quantitative estimate of drug-likeness (QED) is 0.206. The summed E-state index contributed by atoms with van der Waals surface area (Å²) in [5.41, 5.74) is 1.79. The first-order valence-corrected chi connectivity index (χ1v) is 14.4. The first-order chi connectivity index (χ1) is 21.0. The number of hydrogen-bond donors (Lipinski definition) is 4. The Hall–Kier alpha value is -4.80. The van der Waals surface area contributed by atoms with Crippen LogP contribution in [0.5, 0.6) is 0 Å². The topological polar surface area (TPSA) is 153 Å². The molecule has 5 unspecified atom stereocenters. The molecule has 2 aromatic carbocycles. The molecule has 5 heterocycles. The van der Waals surface area contributed by atoms with Crippen LogP contribution >= 0.6 is 0 Å². The third-order valence-electron chi connectivity index (χ3n) is 8.97. The summed E-state index contributed by atoms with van der Waals surface area (Å²) in [5.74, 6) is -2.66. The maximum atomic E-state index is 11.4. The number of benzene rings is 2. The fourth-order valence-electron chi connectivity index (χ4n) is 6.86. The first kappa shape index (κ1) is 30.7. The Labute approximate surface area is 254 Å². The Kier molecular flexibility index (Phi) is 8.66. The predicted octanol–water partition coefficient (Wildman–Crippen LogP) is 5.35. The van der Waals surface area contributed by atoms with Crippen LogP contribution in [0.4, 0.5) is 0 Å². The largest absolute Gasteiger partial charge is 0.478 e. The van der Waals surface area contributed by atoms with Crippen molar-refractivity contribution in [2.24, 2.45) is 11.8 Å². The van der Waals surface area contributed by atoms with Gasteiger partial charge in [-0.05, 0) is 74.9 Å². The zero-order valence-electron chi connectivity index (χ0n) is 24.6. The molecule has 0 spiro atoms. The van der Waals surface area contributed by atoms with E-state index in [1.807, 2.05) is 30.5 Å². The van der Waals surface area contributed by atoms with Crippen molar-refractivity contribution in [1.29, 1.82) is 0 Å². The number of para-hydroxylation sites is 2. The van der Waals surface area contributed by atoms with E-state index in [2.05, 4.69) is 28.6 Å². The van der Waals surface area contributed by atoms with Crippen LogP contribution in [0.15, 0.2) is 73.4 Å². The Morgan fingerprint density at radius 3 is 2.16 bits per heavy atom. The van der Waals surface area contributed by atoms with E-state index >= 15 is 0 Å². The van der Waals surface area contributed by atoms with Crippen molar-refractivity contribution in [3.05, 3.63) is 107 Å². The van der Waals surface area contributed by atoms with Gasteiger partial charge in [0.05, 0.1) is 34.0 Å². The van der Waals surface area contributed by atoms with Crippen molar-refractivity contribution < 1.29 is 34.8 Å². The van der Waals surface area contributed by atoms with Crippen molar-refractivity contribution in [3.8, 4) is 5.69 Å². The van der Waals surface area contributed by atoms with Crippen LogP contribution in [-0.4, -0.2) is 71.9 Å². The van der Waals surface area contributed by atoms with Gasteiger partial charge in [-0.2, -0.15) is 0 Å². The maximum absolute atomic E-state index is 11.4. The van der Waals surface area contributed by atoms with Crippen LogP contribution in [0.3, 0.4) is 0 Å². The van der Waals surface area contributed by atoms with E-state index < -0.39 is 24.0 Å². The molecule has 10 heteroatoms. The molecule has 0 radical (unpaired) electrons. The molecule has 0 saturated carbocycles. The number of hydrogen-bond acceptors (Lipinski definition) is 6. The molecule has 228 valence electrons. The number of carboxylic acids is 3. The number of aromatic carboxylic acids is 3. The molecule has 3 saturated heterocycles. The highest BCUT2D eigenvalue weighted by Crippen LogP contribution is 2.42. The molecule has 4 aromatic rings. The number of piperidine rings is 3. The lowest BCUT2D eigenvalue weighted by molar-refractivity contribution is -0.0444. The van der Waals surface area contributed by atoms with E-state index in [1.54, 1.807) is 6.07 Å². The normalized spacial score (nSPS) is 21.2. The second-order valence-corrected chi connectivity index (χ2v) is 11.3. The first-order valence-electron chi connectivity index (χ1n) is 14.4. The molecular formula is C34H35N3O7. The van der Waals surface area contributed by atoms with Crippen LogP contribution in [0.2, 0.25) is 0 Å². The number of pyridine rings is 1. The van der Waals surface area contributed by atoms with Gasteiger partial charge in [0, 0.05) is 35.6 Å². The summed E-state index contributed by atoms with van der Waals surface area (Å²) in [4.78, 5) is 40.9. The van der Waals surface area contributed by atoms with Gasteiger partial charge in [0.2, 0.25) is 0 Å². The highest BCUT2D eigenvalue weighted by molar-refractivity contribution is 6.04. The van der Waals surface area contributed by atoms with Gasteiger partial charge >= 0.3 is 17.9 Å². The van der Waals surface area contributed by atoms with Crippen LogP contribution < -0.4 is 0 Å². The highest BCUT2D eigenvalue weighted by Gasteiger charge is 2.42. The number of nitrogens with zero attached hydrogens (tertiary/aromatic N) is 3. The summed E-state index contributed by atoms with van der Waals surface area (Å²) in [7, 11) is 0. The monoisotopic (exact) mass is 597 g/mol. The van der Waals surface area contributed by atoms with Gasteiger partial charge < -0.3 is 25.0 Å². The summed E-state index contributed by atoms with van der Waals surface area (Å²) in [6.07, 6.45) is 5.76. The fraction of sp³-hybridized carbons (Fsp3) is 0.294. The third-order valence-corrected chi connectivity index (χ3v) is 8.97. The SMILES string of the molecule is C=CC1CN2CCC1CC2C(O)c1ccnc2ccccc12.Cc1c(C(=O)O)c(C(=O)O)c(C)n1-c1ccccc1C(=O)O. The van der Waals surface area contributed by atoms with Gasteiger partial charge in [-0.3, -0.25) is 9.88 Å². The smallest absolute Gasteiger partial charge is 0.338 e. The molecule has 3 aliphatic rings. The van der Waals surface area contributed by atoms with Crippen LogP contribution in [0.25, 0.3) is 16.6 Å². The van der Waals surface area contributed by atoms with Gasteiger partial charge in [-0.1, -0.05) is 36.4 Å². The minimum atomic E-state index is -1.37. The minimum Gasteiger partial charge on any atom is -0.478 e. The molecule has 2 aromatic heterocycles. The number of carboxylic acid groups (broad SMARTS) is 3. The third kappa shape index (κ3) is 5.49. The van der Waals surface area contributed by atoms with Gasteiger partial charge in [0.1, 0.15) is 0 Å². The van der Waals surface area contributed by atoms with E-state index in [4.69, 9.17) is 0 Å². The maximum Gasteiger partial charge on any atom is 0.338 e. The molecular weight excluding hydrogens is 562 g/mol. The number of fused-ring (bicyclic) bond motifs is 4. The summed E-state index contributed by atoms with van der Waals surface area (Å²) >= 11 is 0. The number of aromatic nitrogens is 2. The van der Waals surface area contributed by atoms with E-state index in [-0.39, 0.29) is 39.8 Å². The van der Waals surface area contributed by atoms with Crippen LogP contribution in [0.1, 0.15) is 67.0 Å². The molecule has 44 heavy (non-hydrogen) atoms. The predicted molar refractivity (Wildman–Crippen MR) is 165 cm³/mol. The fourth-order valence-corrected chi connectivity index (χ4v) is 6.86. The van der Waals surface area contributed by atoms with Crippen molar-refractivity contribution in [3.63, 3.8) is 0 Å². The van der Waals surface area contributed by atoms with E-state index in [0.29, 0.717) is 11.8 Å². The van der Waals surface area contributed by atoms with Gasteiger partial charge in [-0.15, -0.1) is 6.58 Å². The van der Waals surface area contributed by atoms with E-state index in [1.165, 1.54) is 43.0 Å². The van der Waals surface area contributed by atoms with Crippen molar-refractivity contribution in [1.82, 2.24) is 14.5 Å². The standard InChI is InChI=1S/C19H22N2O.C15H13NO6/c1-2-13-12-21-10-8-14(13)11-18(21)19(22)16-7-9-20-17-6-4-3-5-15(16)17;1-7-11(14(19)20)12(15(21)22)8(2)16(7)10-6-4-3-5-9(10)13(17)18/h2-7,9,13-14,18-19,22H,1,8,10-12H2;3-6H,1-2H3,(H,17,18)(H,19,20)(H,21,22). The molecule has 3 fully saturated rings. The lowest BCUT2D eigenvalue weighted by atomic mass is 9.73. The summed E-state index contributed by atoms with van der Waals surface area (Å²) in [5, 5.41) is 39.9. The summed E-state index contributed by atoms with van der Waals surface area (Å²) < 4.78 is 1.34. The van der Waals surface area contributed by atoms with Crippen LogP contribution in [0, 0.1) is 25.7 Å². The van der Waals surface area contributed by atoms with Gasteiger partial charge in [0.25, 0.3) is 0 Å². The summed E-state index contributed by atoms with van der Waals surface area (Å²) in [6.45, 7) is 9.00. The second-order valence-electron chi connectivity index (χ2n) is 11.3. The molecule has 7 rings (SSSR count). The Bertz CT molecular complexity index is 1720. The van der Waals surface area contributed by atoms with Crippen molar-refractivity contribution in [2.45, 2.75) is 38.8 Å². The lowest BCUT2D eigenvalue weighted by Crippen LogP contribution is -2.54. The molecule has 2 bridgehead atoms. The van der Waals surface area contributed by atoms with E-state index in [9.17, 15) is 34.8 Å².